The van der Waals surface area contributed by atoms with Crippen LogP contribution in [0.1, 0.15) is 35.6 Å². The van der Waals surface area contributed by atoms with Crippen molar-refractivity contribution in [3.05, 3.63) is 29.0 Å². The second-order valence-corrected chi connectivity index (χ2v) is 5.62. The van der Waals surface area contributed by atoms with E-state index in [1.807, 2.05) is 13.8 Å². The number of fused-ring (bicyclic) bond motifs is 1. The molecule has 2 aromatic rings. The maximum Gasteiger partial charge on any atom is 0.230 e. The number of aryl methyl sites for hydroxylation is 3. The minimum Gasteiger partial charge on any atom is -0.368 e. The van der Waals surface area contributed by atoms with Gasteiger partial charge in [0.2, 0.25) is 11.9 Å². The fourth-order valence-corrected chi connectivity index (χ4v) is 2.88. The van der Waals surface area contributed by atoms with Crippen molar-refractivity contribution in [3.8, 4) is 0 Å². The molecule has 1 aliphatic rings. The van der Waals surface area contributed by atoms with Crippen LogP contribution in [0.3, 0.4) is 0 Å². The normalized spacial score (nSPS) is 13.7. The van der Waals surface area contributed by atoms with Crippen LogP contribution in [0.25, 0.3) is 0 Å². The third kappa shape index (κ3) is 2.79. The van der Waals surface area contributed by atoms with Gasteiger partial charge in [0.25, 0.3) is 0 Å². The number of amides is 1. The number of rotatable bonds is 3. The Bertz CT molecular complexity index is 698. The lowest BCUT2D eigenvalue weighted by Gasteiger charge is -2.16. The van der Waals surface area contributed by atoms with E-state index < -0.39 is 0 Å². The molecule has 1 aliphatic heterocycles. The van der Waals surface area contributed by atoms with Crippen LogP contribution in [0.5, 0.6) is 0 Å². The zero-order chi connectivity index (χ0) is 15.7. The maximum atomic E-state index is 12.3. The molecule has 0 atom stereocenters. The van der Waals surface area contributed by atoms with Crippen LogP contribution in [-0.4, -0.2) is 25.4 Å². The van der Waals surface area contributed by atoms with E-state index in [2.05, 4.69) is 24.8 Å². The number of hydrogen-bond acceptors (Lipinski definition) is 5. The minimum absolute atomic E-state index is 0.0900. The summed E-state index contributed by atoms with van der Waals surface area (Å²) in [5.41, 5.74) is 7.93. The Morgan fingerprint density at radius 3 is 2.77 bits per heavy atom. The first-order valence-corrected chi connectivity index (χ1v) is 7.48. The van der Waals surface area contributed by atoms with Crippen molar-refractivity contribution in [2.75, 3.05) is 11.1 Å². The number of aromatic nitrogens is 4. The van der Waals surface area contributed by atoms with E-state index in [0.29, 0.717) is 0 Å². The number of nitrogens with two attached hydrogens (primary N) is 1. The monoisotopic (exact) mass is 300 g/mol. The van der Waals surface area contributed by atoms with Gasteiger partial charge in [0, 0.05) is 29.9 Å². The molecule has 0 saturated heterocycles. The Morgan fingerprint density at radius 1 is 1.32 bits per heavy atom. The highest BCUT2D eigenvalue weighted by atomic mass is 16.1. The number of carbonyl (C=O) groups is 1. The summed E-state index contributed by atoms with van der Waals surface area (Å²) in [5.74, 6) is 1.97. The molecule has 116 valence electrons. The fourth-order valence-electron chi connectivity index (χ4n) is 2.88. The first-order chi connectivity index (χ1) is 10.5. The molecular formula is C15H20N6O. The number of imidazole rings is 1. The van der Waals surface area contributed by atoms with Crippen LogP contribution < -0.4 is 11.1 Å². The van der Waals surface area contributed by atoms with Gasteiger partial charge in [-0.15, -0.1) is 0 Å². The van der Waals surface area contributed by atoms with Crippen LogP contribution in [0.15, 0.2) is 6.20 Å². The van der Waals surface area contributed by atoms with Crippen LogP contribution in [0.2, 0.25) is 0 Å². The summed E-state index contributed by atoms with van der Waals surface area (Å²) in [6, 6.07) is 0. The van der Waals surface area contributed by atoms with Gasteiger partial charge in [0.15, 0.2) is 0 Å². The number of nitrogen functional groups attached to an aromatic ring is 1. The predicted octanol–water partition coefficient (Wildman–Crippen LogP) is 1.39. The molecule has 0 fully saturated rings. The molecule has 22 heavy (non-hydrogen) atoms. The van der Waals surface area contributed by atoms with E-state index in [9.17, 15) is 4.79 Å². The van der Waals surface area contributed by atoms with Crippen molar-refractivity contribution in [2.24, 2.45) is 0 Å². The number of nitrogens with zero attached hydrogens (tertiary/aromatic N) is 4. The van der Waals surface area contributed by atoms with E-state index in [0.717, 1.165) is 54.4 Å². The first-order valence-electron chi connectivity index (χ1n) is 7.48. The van der Waals surface area contributed by atoms with Gasteiger partial charge in [-0.2, -0.15) is 0 Å². The highest BCUT2D eigenvalue weighted by Gasteiger charge is 2.17. The smallest absolute Gasteiger partial charge is 0.230 e. The van der Waals surface area contributed by atoms with Gasteiger partial charge in [0.05, 0.1) is 12.6 Å². The van der Waals surface area contributed by atoms with Gasteiger partial charge >= 0.3 is 0 Å². The van der Waals surface area contributed by atoms with Crippen LogP contribution in [0, 0.1) is 13.8 Å². The van der Waals surface area contributed by atoms with Crippen molar-refractivity contribution < 1.29 is 4.79 Å². The number of anilines is 2. The summed E-state index contributed by atoms with van der Waals surface area (Å²) in [7, 11) is 0. The number of nitrogens with one attached hydrogen (secondary N) is 1. The SMILES string of the molecule is Cc1nc(N)nc(C)c1CC(=O)Nc1cnc2n1CCCC2. The first kappa shape index (κ1) is 14.5. The summed E-state index contributed by atoms with van der Waals surface area (Å²) in [4.78, 5) is 24.9. The number of carbonyl (C=O) groups excluding carboxylic acids is 1. The predicted molar refractivity (Wildman–Crippen MR) is 83.4 cm³/mol. The van der Waals surface area contributed by atoms with E-state index in [1.165, 1.54) is 0 Å². The highest BCUT2D eigenvalue weighted by Crippen LogP contribution is 2.20. The van der Waals surface area contributed by atoms with Crippen molar-refractivity contribution in [1.82, 2.24) is 19.5 Å². The Labute approximate surface area is 129 Å². The van der Waals surface area contributed by atoms with Crippen molar-refractivity contribution in [3.63, 3.8) is 0 Å². The van der Waals surface area contributed by atoms with Crippen molar-refractivity contribution >= 4 is 17.7 Å². The zero-order valence-electron chi connectivity index (χ0n) is 12.9. The molecule has 0 spiro atoms. The molecule has 0 saturated carbocycles. The topological polar surface area (TPSA) is 98.7 Å². The Kier molecular flexibility index (Phi) is 3.79. The molecule has 3 rings (SSSR count). The Hall–Kier alpha value is -2.44. The van der Waals surface area contributed by atoms with Crippen LogP contribution in [-0.2, 0) is 24.2 Å². The Balaban J connectivity index is 1.75. The molecule has 3 N–H and O–H groups in total. The van der Waals surface area contributed by atoms with Crippen molar-refractivity contribution in [2.45, 2.75) is 46.1 Å². The third-order valence-corrected chi connectivity index (χ3v) is 4.01. The molecule has 3 heterocycles. The lowest BCUT2D eigenvalue weighted by Crippen LogP contribution is -2.21. The Morgan fingerprint density at radius 2 is 2.05 bits per heavy atom. The molecule has 1 amide bonds. The highest BCUT2D eigenvalue weighted by molar-refractivity contribution is 5.91. The zero-order valence-corrected chi connectivity index (χ0v) is 12.9. The van der Waals surface area contributed by atoms with Gasteiger partial charge in [-0.3, -0.25) is 4.79 Å². The lowest BCUT2D eigenvalue weighted by molar-refractivity contribution is -0.115. The molecule has 7 nitrogen and oxygen atoms in total. The number of hydrogen-bond donors (Lipinski definition) is 2. The summed E-state index contributed by atoms with van der Waals surface area (Å²) in [6.45, 7) is 4.59. The minimum atomic E-state index is -0.0900. The summed E-state index contributed by atoms with van der Waals surface area (Å²) < 4.78 is 2.08. The molecule has 0 aliphatic carbocycles. The molecule has 2 aromatic heterocycles. The van der Waals surface area contributed by atoms with Gasteiger partial charge in [-0.25, -0.2) is 15.0 Å². The van der Waals surface area contributed by atoms with Crippen LogP contribution >= 0.6 is 0 Å². The molecule has 7 heteroatoms. The van der Waals surface area contributed by atoms with Gasteiger partial charge in [-0.1, -0.05) is 0 Å². The largest absolute Gasteiger partial charge is 0.368 e. The molecule has 0 bridgehead atoms. The van der Waals surface area contributed by atoms with Gasteiger partial charge in [0.1, 0.15) is 11.6 Å². The van der Waals surface area contributed by atoms with E-state index in [1.54, 1.807) is 6.20 Å². The van der Waals surface area contributed by atoms with Crippen molar-refractivity contribution in [1.29, 1.82) is 0 Å². The van der Waals surface area contributed by atoms with E-state index in [4.69, 9.17) is 5.73 Å². The maximum absolute atomic E-state index is 12.3. The standard InChI is InChI=1S/C15H20N6O/c1-9-11(10(2)19-15(16)18-9)7-14(22)20-13-8-17-12-5-3-4-6-21(12)13/h8H,3-7H2,1-2H3,(H,20,22)(H2,16,18,19). The summed E-state index contributed by atoms with van der Waals surface area (Å²) in [5, 5.41) is 2.94. The van der Waals surface area contributed by atoms with Crippen LogP contribution in [0.4, 0.5) is 11.8 Å². The summed E-state index contributed by atoms with van der Waals surface area (Å²) >= 11 is 0. The molecule has 0 radical (unpaired) electrons. The average Bonchev–Trinajstić information content (AvgIpc) is 2.86. The quantitative estimate of drug-likeness (QED) is 0.892. The van der Waals surface area contributed by atoms with E-state index in [-0.39, 0.29) is 18.3 Å². The van der Waals surface area contributed by atoms with Gasteiger partial charge < -0.3 is 15.6 Å². The third-order valence-electron chi connectivity index (χ3n) is 4.01. The van der Waals surface area contributed by atoms with Gasteiger partial charge in [-0.05, 0) is 26.7 Å². The second-order valence-electron chi connectivity index (χ2n) is 5.62. The molecule has 0 aromatic carbocycles. The second kappa shape index (κ2) is 5.75. The average molecular weight is 300 g/mol. The molecule has 0 unspecified atom stereocenters. The fraction of sp³-hybridized carbons (Fsp3) is 0.467. The lowest BCUT2D eigenvalue weighted by atomic mass is 10.1. The summed E-state index contributed by atoms with van der Waals surface area (Å²) in [6.07, 6.45) is 5.22. The molecular weight excluding hydrogens is 280 g/mol. The van der Waals surface area contributed by atoms with E-state index >= 15 is 0 Å².